The van der Waals surface area contributed by atoms with Crippen molar-refractivity contribution < 1.29 is 0 Å². The van der Waals surface area contributed by atoms with Gasteiger partial charge >= 0.3 is 0 Å². The van der Waals surface area contributed by atoms with Crippen molar-refractivity contribution in [3.63, 3.8) is 0 Å². The van der Waals surface area contributed by atoms with Crippen molar-refractivity contribution in [2.24, 2.45) is 0 Å². The molecule has 3 rings (SSSR count). The highest BCUT2D eigenvalue weighted by molar-refractivity contribution is 7.99. The molecular formula is C20H26S. The van der Waals surface area contributed by atoms with Crippen LogP contribution in [0.1, 0.15) is 51.3 Å². The number of hydrogen-bond acceptors (Lipinski definition) is 1. The minimum Gasteiger partial charge on any atom is -0.0888 e. The second kappa shape index (κ2) is 8.74. The normalized spacial score (nSPS) is 13.1. The average Bonchev–Trinajstić information content (AvgIpc) is 2.56. The van der Waals surface area contributed by atoms with Crippen molar-refractivity contribution in [1.82, 2.24) is 0 Å². The number of rotatable bonds is 0. The Morgan fingerprint density at radius 1 is 0.810 bits per heavy atom. The molecule has 2 aromatic carbocycles. The summed E-state index contributed by atoms with van der Waals surface area (Å²) in [7, 11) is 0. The SMILES string of the molecule is C/C=C1/c2ccccc2Sc2ccc(C)cc21.CC.CC. The largest absolute Gasteiger partial charge is 0.0888 e. The van der Waals surface area contributed by atoms with E-state index in [2.05, 4.69) is 62.4 Å². The highest BCUT2D eigenvalue weighted by Crippen LogP contribution is 2.45. The molecule has 0 fully saturated rings. The Bertz CT molecular complexity index is 609. The zero-order chi connectivity index (χ0) is 15.8. The van der Waals surface area contributed by atoms with Gasteiger partial charge in [-0.05, 0) is 42.7 Å². The van der Waals surface area contributed by atoms with Gasteiger partial charge in [-0.1, -0.05) is 81.4 Å². The van der Waals surface area contributed by atoms with E-state index >= 15 is 0 Å². The van der Waals surface area contributed by atoms with E-state index in [1.807, 2.05) is 39.5 Å². The molecule has 2 aromatic rings. The van der Waals surface area contributed by atoms with Crippen molar-refractivity contribution in [2.45, 2.75) is 51.3 Å². The Labute approximate surface area is 134 Å². The third-order valence-corrected chi connectivity index (χ3v) is 4.26. The summed E-state index contributed by atoms with van der Waals surface area (Å²) < 4.78 is 0. The van der Waals surface area contributed by atoms with Crippen LogP contribution in [0, 0.1) is 6.92 Å². The molecule has 1 aliphatic rings. The zero-order valence-electron chi connectivity index (χ0n) is 14.0. The molecule has 0 unspecified atom stereocenters. The van der Waals surface area contributed by atoms with E-state index in [4.69, 9.17) is 0 Å². The van der Waals surface area contributed by atoms with E-state index in [-0.39, 0.29) is 0 Å². The van der Waals surface area contributed by atoms with Crippen molar-refractivity contribution in [3.8, 4) is 0 Å². The number of fused-ring (bicyclic) bond motifs is 2. The number of allylic oxidation sites excluding steroid dienone is 1. The molecule has 0 atom stereocenters. The number of benzene rings is 2. The number of hydrogen-bond donors (Lipinski definition) is 0. The van der Waals surface area contributed by atoms with E-state index in [0.29, 0.717) is 0 Å². The van der Waals surface area contributed by atoms with Gasteiger partial charge in [-0.3, -0.25) is 0 Å². The Kier molecular flexibility index (Phi) is 7.31. The van der Waals surface area contributed by atoms with Gasteiger partial charge in [0.05, 0.1) is 0 Å². The van der Waals surface area contributed by atoms with E-state index in [0.717, 1.165) is 0 Å². The van der Waals surface area contributed by atoms with Crippen LogP contribution in [0.4, 0.5) is 0 Å². The first-order chi connectivity index (χ1) is 10.3. The van der Waals surface area contributed by atoms with Gasteiger partial charge in [-0.2, -0.15) is 0 Å². The van der Waals surface area contributed by atoms with E-state index < -0.39 is 0 Å². The van der Waals surface area contributed by atoms with E-state index in [1.165, 1.54) is 32.1 Å². The van der Waals surface area contributed by atoms with Gasteiger partial charge in [-0.15, -0.1) is 0 Å². The monoisotopic (exact) mass is 298 g/mol. The fourth-order valence-corrected chi connectivity index (χ4v) is 3.38. The van der Waals surface area contributed by atoms with Crippen LogP contribution in [0.3, 0.4) is 0 Å². The predicted molar refractivity (Wildman–Crippen MR) is 97.2 cm³/mol. The van der Waals surface area contributed by atoms with Gasteiger partial charge in [0.15, 0.2) is 0 Å². The molecule has 1 aliphatic heterocycles. The molecule has 1 heterocycles. The van der Waals surface area contributed by atoms with Crippen LogP contribution < -0.4 is 0 Å². The Morgan fingerprint density at radius 3 is 2.10 bits per heavy atom. The van der Waals surface area contributed by atoms with Crippen molar-refractivity contribution in [3.05, 3.63) is 65.2 Å². The van der Waals surface area contributed by atoms with E-state index in [9.17, 15) is 0 Å². The van der Waals surface area contributed by atoms with Gasteiger partial charge < -0.3 is 0 Å². The summed E-state index contributed by atoms with van der Waals surface area (Å²) >= 11 is 1.87. The second-order valence-electron chi connectivity index (χ2n) is 4.30. The maximum atomic E-state index is 2.29. The van der Waals surface area contributed by atoms with Crippen molar-refractivity contribution in [1.29, 1.82) is 0 Å². The lowest BCUT2D eigenvalue weighted by molar-refractivity contribution is 1.26. The maximum absolute atomic E-state index is 2.29. The highest BCUT2D eigenvalue weighted by atomic mass is 32.2. The molecular weight excluding hydrogens is 272 g/mol. The molecule has 0 amide bonds. The summed E-state index contributed by atoms with van der Waals surface area (Å²) in [6.45, 7) is 12.3. The summed E-state index contributed by atoms with van der Waals surface area (Å²) in [5.74, 6) is 0. The molecule has 21 heavy (non-hydrogen) atoms. The van der Waals surface area contributed by atoms with Gasteiger partial charge in [0.1, 0.15) is 0 Å². The summed E-state index contributed by atoms with van der Waals surface area (Å²) in [5, 5.41) is 0. The molecule has 0 aliphatic carbocycles. The van der Waals surface area contributed by atoms with Gasteiger partial charge in [0, 0.05) is 9.79 Å². The Hall–Kier alpha value is -1.47. The molecule has 0 saturated carbocycles. The third-order valence-electron chi connectivity index (χ3n) is 3.11. The van der Waals surface area contributed by atoms with Crippen LogP contribution in [0.15, 0.2) is 58.3 Å². The second-order valence-corrected chi connectivity index (χ2v) is 5.38. The first-order valence-corrected chi connectivity index (χ1v) is 8.66. The van der Waals surface area contributed by atoms with Gasteiger partial charge in [0.25, 0.3) is 0 Å². The molecule has 112 valence electrons. The standard InChI is InChI=1S/C16H14S.2C2H6/c1-3-12-13-6-4-5-7-15(13)17-16-9-8-11(2)10-14(12)16;2*1-2/h3-10H,1-2H3;2*1-2H3/b12-3-;;. The van der Waals surface area contributed by atoms with Crippen LogP contribution in [0.25, 0.3) is 5.57 Å². The first-order valence-electron chi connectivity index (χ1n) is 7.84. The summed E-state index contributed by atoms with van der Waals surface area (Å²) in [5.41, 5.74) is 5.41. The van der Waals surface area contributed by atoms with Crippen molar-refractivity contribution in [2.75, 3.05) is 0 Å². The molecule has 0 aromatic heterocycles. The molecule has 0 radical (unpaired) electrons. The van der Waals surface area contributed by atoms with Crippen molar-refractivity contribution >= 4 is 17.3 Å². The fraction of sp³-hybridized carbons (Fsp3) is 0.300. The Balaban J connectivity index is 0.000000510. The quantitative estimate of drug-likeness (QED) is 0.432. The molecule has 0 nitrogen and oxygen atoms in total. The van der Waals surface area contributed by atoms with Crippen LogP contribution in [0.2, 0.25) is 0 Å². The van der Waals surface area contributed by atoms with Gasteiger partial charge in [-0.25, -0.2) is 0 Å². The maximum Gasteiger partial charge on any atom is 0.0201 e. The molecule has 1 heteroatoms. The smallest absolute Gasteiger partial charge is 0.0201 e. The lowest BCUT2D eigenvalue weighted by Gasteiger charge is -2.22. The lowest BCUT2D eigenvalue weighted by atomic mass is 9.96. The summed E-state index contributed by atoms with van der Waals surface area (Å²) in [4.78, 5) is 2.72. The van der Waals surface area contributed by atoms with E-state index in [1.54, 1.807) is 0 Å². The minimum atomic E-state index is 1.32. The van der Waals surface area contributed by atoms with Crippen LogP contribution in [-0.4, -0.2) is 0 Å². The fourth-order valence-electron chi connectivity index (χ4n) is 2.30. The zero-order valence-corrected chi connectivity index (χ0v) is 14.8. The molecule has 0 bridgehead atoms. The lowest BCUT2D eigenvalue weighted by Crippen LogP contribution is -1.98. The molecule has 0 N–H and O–H groups in total. The third kappa shape index (κ3) is 3.79. The number of aryl methyl sites for hydroxylation is 1. The first kappa shape index (κ1) is 17.6. The van der Waals surface area contributed by atoms with Crippen LogP contribution in [0.5, 0.6) is 0 Å². The highest BCUT2D eigenvalue weighted by Gasteiger charge is 2.19. The Morgan fingerprint density at radius 2 is 1.43 bits per heavy atom. The summed E-state index contributed by atoms with van der Waals surface area (Å²) in [6, 6.07) is 15.3. The minimum absolute atomic E-state index is 1.32. The van der Waals surface area contributed by atoms with Crippen LogP contribution >= 0.6 is 11.8 Å². The molecule has 0 spiro atoms. The van der Waals surface area contributed by atoms with Crippen LogP contribution in [-0.2, 0) is 0 Å². The average molecular weight is 298 g/mol. The van der Waals surface area contributed by atoms with Gasteiger partial charge in [0.2, 0.25) is 0 Å². The summed E-state index contributed by atoms with van der Waals surface area (Å²) in [6.07, 6.45) is 2.22. The predicted octanol–water partition coefficient (Wildman–Crippen LogP) is 6.96. The molecule has 0 saturated heterocycles. The topological polar surface area (TPSA) is 0 Å².